The van der Waals surface area contributed by atoms with E-state index in [1.165, 1.54) is 0 Å². The van der Waals surface area contributed by atoms with E-state index < -0.39 is 39.8 Å². The van der Waals surface area contributed by atoms with Crippen LogP contribution in [0.25, 0.3) is 0 Å². The monoisotopic (exact) mass is 289 g/mol. The number of methoxy groups -OCH3 is 1. The molecule has 106 valence electrons. The third-order valence-corrected chi connectivity index (χ3v) is 2.13. The average Bonchev–Trinajstić information content (AvgIpc) is 2.24. The summed E-state index contributed by atoms with van der Waals surface area (Å²) in [5, 5.41) is 10.5. The van der Waals surface area contributed by atoms with E-state index in [9.17, 15) is 36.5 Å². The summed E-state index contributed by atoms with van der Waals surface area (Å²) in [7, 11) is 0.573. The third kappa shape index (κ3) is 2.88. The molecule has 0 fully saturated rings. The van der Waals surface area contributed by atoms with Crippen LogP contribution < -0.4 is 4.74 Å². The first kappa shape index (κ1) is 15.1. The molecular formula is C9H5F6NO3. The number of nitro groups is 1. The Hall–Kier alpha value is -2.00. The summed E-state index contributed by atoms with van der Waals surface area (Å²) in [4.78, 5) is 9.04. The van der Waals surface area contributed by atoms with Crippen molar-refractivity contribution in [2.45, 2.75) is 12.4 Å². The zero-order chi connectivity index (χ0) is 15.0. The summed E-state index contributed by atoms with van der Waals surface area (Å²) in [5.74, 6) is -1.62. The van der Waals surface area contributed by atoms with Crippen molar-refractivity contribution in [2.24, 2.45) is 0 Å². The fourth-order valence-corrected chi connectivity index (χ4v) is 1.43. The average molecular weight is 289 g/mol. The van der Waals surface area contributed by atoms with Crippen molar-refractivity contribution in [3.63, 3.8) is 0 Å². The van der Waals surface area contributed by atoms with Crippen LogP contribution in [0.2, 0.25) is 0 Å². The topological polar surface area (TPSA) is 52.4 Å². The summed E-state index contributed by atoms with van der Waals surface area (Å²) in [6.45, 7) is 0. The Balaban J connectivity index is 3.75. The minimum Gasteiger partial charge on any atom is -0.495 e. The highest BCUT2D eigenvalue weighted by Crippen LogP contribution is 2.47. The van der Waals surface area contributed by atoms with Crippen LogP contribution in [0, 0.1) is 10.1 Å². The second-order valence-corrected chi connectivity index (χ2v) is 3.29. The van der Waals surface area contributed by atoms with Crippen molar-refractivity contribution in [3.8, 4) is 5.75 Å². The van der Waals surface area contributed by atoms with Gasteiger partial charge in [0.25, 0.3) is 5.69 Å². The fraction of sp³-hybridized carbons (Fsp3) is 0.333. The first-order valence-corrected chi connectivity index (χ1v) is 4.50. The van der Waals surface area contributed by atoms with Crippen molar-refractivity contribution in [3.05, 3.63) is 33.4 Å². The number of halogens is 6. The summed E-state index contributed by atoms with van der Waals surface area (Å²) < 4.78 is 79.7. The minimum absolute atomic E-state index is 0.147. The molecule has 4 nitrogen and oxygen atoms in total. The third-order valence-electron chi connectivity index (χ3n) is 2.13. The fourth-order valence-electron chi connectivity index (χ4n) is 1.43. The van der Waals surface area contributed by atoms with Gasteiger partial charge >= 0.3 is 12.4 Å². The number of benzene rings is 1. The number of rotatable bonds is 2. The van der Waals surface area contributed by atoms with Gasteiger partial charge in [0.1, 0.15) is 5.75 Å². The summed E-state index contributed by atoms with van der Waals surface area (Å²) in [6, 6.07) is 0.320. The Bertz CT molecular complexity index is 508. The molecule has 0 heterocycles. The summed E-state index contributed by atoms with van der Waals surface area (Å²) >= 11 is 0. The number of alkyl halides is 6. The van der Waals surface area contributed by atoms with Crippen molar-refractivity contribution in [1.29, 1.82) is 0 Å². The molecule has 19 heavy (non-hydrogen) atoms. The quantitative estimate of drug-likeness (QED) is 0.474. The second kappa shape index (κ2) is 4.59. The number of nitrogens with zero attached hydrogens (tertiary/aromatic N) is 1. The van der Waals surface area contributed by atoms with Crippen LogP contribution in [0.15, 0.2) is 12.1 Å². The lowest BCUT2D eigenvalue weighted by Crippen LogP contribution is -2.16. The number of hydrogen-bond acceptors (Lipinski definition) is 3. The van der Waals surface area contributed by atoms with E-state index in [1.54, 1.807) is 0 Å². The minimum atomic E-state index is -5.35. The van der Waals surface area contributed by atoms with Crippen LogP contribution in [0.5, 0.6) is 5.75 Å². The van der Waals surface area contributed by atoms with Crippen molar-refractivity contribution in [1.82, 2.24) is 0 Å². The van der Waals surface area contributed by atoms with Gasteiger partial charge in [0.15, 0.2) is 5.56 Å². The Morgan fingerprint density at radius 1 is 1.11 bits per heavy atom. The maximum absolute atomic E-state index is 12.7. The van der Waals surface area contributed by atoms with E-state index in [1.807, 2.05) is 0 Å². The lowest BCUT2D eigenvalue weighted by atomic mass is 10.1. The van der Waals surface area contributed by atoms with Crippen LogP contribution in [0.4, 0.5) is 32.0 Å². The predicted molar refractivity (Wildman–Crippen MR) is 49.7 cm³/mol. The number of hydrogen-bond donors (Lipinski definition) is 0. The highest BCUT2D eigenvalue weighted by Gasteiger charge is 2.47. The van der Waals surface area contributed by atoms with Gasteiger partial charge in [0, 0.05) is 6.07 Å². The van der Waals surface area contributed by atoms with Gasteiger partial charge in [-0.15, -0.1) is 0 Å². The van der Waals surface area contributed by atoms with E-state index in [4.69, 9.17) is 0 Å². The van der Waals surface area contributed by atoms with Gasteiger partial charge in [-0.25, -0.2) is 0 Å². The lowest BCUT2D eigenvalue weighted by Gasteiger charge is -2.17. The number of ether oxygens (including phenoxy) is 1. The van der Waals surface area contributed by atoms with Crippen molar-refractivity contribution in [2.75, 3.05) is 7.11 Å². The van der Waals surface area contributed by atoms with Crippen LogP contribution in [-0.2, 0) is 12.4 Å². The molecule has 0 unspecified atom stereocenters. The largest absolute Gasteiger partial charge is 0.495 e. The molecule has 0 saturated carbocycles. The van der Waals surface area contributed by atoms with Crippen molar-refractivity contribution >= 4 is 5.69 Å². The molecule has 1 rings (SSSR count). The van der Waals surface area contributed by atoms with E-state index in [0.29, 0.717) is 7.11 Å². The zero-order valence-electron chi connectivity index (χ0n) is 9.09. The molecule has 0 spiro atoms. The van der Waals surface area contributed by atoms with Gasteiger partial charge in [0.05, 0.1) is 17.6 Å². The highest BCUT2D eigenvalue weighted by molar-refractivity contribution is 5.56. The highest BCUT2D eigenvalue weighted by atomic mass is 19.4. The van der Waals surface area contributed by atoms with E-state index in [2.05, 4.69) is 4.74 Å². The van der Waals surface area contributed by atoms with Gasteiger partial charge in [-0.1, -0.05) is 0 Å². The molecule has 0 atom stereocenters. The molecule has 0 saturated heterocycles. The number of nitro benzene ring substituents is 1. The smallest absolute Gasteiger partial charge is 0.426 e. The standard InChI is InChI=1S/C9H5F6NO3/c1-19-7-4(8(10,11)12)2-3-5(16(17)18)6(7)9(13,14)15/h2-3H,1H3. The first-order valence-electron chi connectivity index (χ1n) is 4.50. The normalized spacial score (nSPS) is 12.4. The molecular weight excluding hydrogens is 284 g/mol. The molecule has 0 bridgehead atoms. The van der Waals surface area contributed by atoms with E-state index in [0.717, 1.165) is 0 Å². The molecule has 0 aliphatic carbocycles. The van der Waals surface area contributed by atoms with Crippen LogP contribution >= 0.6 is 0 Å². The molecule has 1 aromatic carbocycles. The molecule has 10 heteroatoms. The van der Waals surface area contributed by atoms with Gasteiger partial charge in [-0.2, -0.15) is 26.3 Å². The van der Waals surface area contributed by atoms with E-state index >= 15 is 0 Å². The van der Waals surface area contributed by atoms with Crippen molar-refractivity contribution < 1.29 is 36.0 Å². The molecule has 0 radical (unpaired) electrons. The first-order chi connectivity index (χ1) is 8.50. The predicted octanol–water partition coefficient (Wildman–Crippen LogP) is 3.64. The maximum Gasteiger partial charge on any atom is 0.426 e. The van der Waals surface area contributed by atoms with E-state index in [-0.39, 0.29) is 12.1 Å². The zero-order valence-corrected chi connectivity index (χ0v) is 9.09. The lowest BCUT2D eigenvalue weighted by molar-refractivity contribution is -0.388. The van der Waals surface area contributed by atoms with Crippen LogP contribution in [0.3, 0.4) is 0 Å². The molecule has 0 amide bonds. The Labute approximate surface area is 101 Å². The second-order valence-electron chi connectivity index (χ2n) is 3.29. The van der Waals surface area contributed by atoms with Gasteiger partial charge in [-0.05, 0) is 6.07 Å². The summed E-state index contributed by atoms with van der Waals surface area (Å²) in [6.07, 6.45) is -10.5. The maximum atomic E-state index is 12.7. The molecule has 0 aromatic heterocycles. The van der Waals surface area contributed by atoms with Gasteiger partial charge in [-0.3, -0.25) is 10.1 Å². The molecule has 0 aliphatic rings. The van der Waals surface area contributed by atoms with Crippen LogP contribution in [-0.4, -0.2) is 12.0 Å². The summed E-state index contributed by atoms with van der Waals surface area (Å²) in [5.41, 5.74) is -5.29. The molecule has 0 N–H and O–H groups in total. The van der Waals surface area contributed by atoms with Crippen LogP contribution in [0.1, 0.15) is 11.1 Å². The van der Waals surface area contributed by atoms with Gasteiger partial charge in [0.2, 0.25) is 0 Å². The Morgan fingerprint density at radius 2 is 1.63 bits per heavy atom. The Kier molecular flexibility index (Phi) is 3.64. The van der Waals surface area contributed by atoms with Gasteiger partial charge < -0.3 is 4.74 Å². The molecule has 0 aliphatic heterocycles. The Morgan fingerprint density at radius 3 is 1.95 bits per heavy atom. The molecule has 1 aromatic rings. The SMILES string of the molecule is COc1c(C(F)(F)F)ccc([N+](=O)[O-])c1C(F)(F)F.